The van der Waals surface area contributed by atoms with Crippen LogP contribution in [0, 0.1) is 0 Å². The summed E-state index contributed by atoms with van der Waals surface area (Å²) in [6.07, 6.45) is 3.94. The molecule has 3 heterocycles. The van der Waals surface area contributed by atoms with Crippen molar-refractivity contribution in [1.29, 1.82) is 0 Å². The lowest BCUT2D eigenvalue weighted by molar-refractivity contribution is -0.113. The monoisotopic (exact) mass is 402 g/mol. The maximum atomic E-state index is 12.1. The van der Waals surface area contributed by atoms with Gasteiger partial charge in [0.15, 0.2) is 9.84 Å². The Morgan fingerprint density at radius 2 is 2.07 bits per heavy atom. The van der Waals surface area contributed by atoms with E-state index in [1.807, 2.05) is 34.9 Å². The first-order valence-corrected chi connectivity index (χ1v) is 11.4. The smallest absolute Gasteiger partial charge is 0.234 e. The number of sulfone groups is 1. The molecule has 1 saturated heterocycles. The van der Waals surface area contributed by atoms with E-state index in [-0.39, 0.29) is 28.4 Å². The highest BCUT2D eigenvalue weighted by atomic mass is 32.2. The Morgan fingerprint density at radius 1 is 1.22 bits per heavy atom. The van der Waals surface area contributed by atoms with Gasteiger partial charge in [0.2, 0.25) is 5.91 Å². The van der Waals surface area contributed by atoms with Crippen molar-refractivity contribution in [2.45, 2.75) is 11.7 Å². The van der Waals surface area contributed by atoms with Gasteiger partial charge in [-0.1, -0.05) is 12.1 Å². The maximum Gasteiger partial charge on any atom is 0.234 e. The molecule has 0 aliphatic carbocycles. The minimum Gasteiger partial charge on any atom is -0.324 e. The number of aromatic nitrogens is 3. The summed E-state index contributed by atoms with van der Waals surface area (Å²) in [5.41, 5.74) is 2.46. The van der Waals surface area contributed by atoms with Crippen molar-refractivity contribution in [2.24, 2.45) is 0 Å². The number of carbonyl (C=O) groups is 1. The van der Waals surface area contributed by atoms with Crippen LogP contribution in [0.15, 0.2) is 48.9 Å². The van der Waals surface area contributed by atoms with E-state index >= 15 is 0 Å². The van der Waals surface area contributed by atoms with E-state index in [2.05, 4.69) is 15.3 Å². The summed E-state index contributed by atoms with van der Waals surface area (Å²) in [6, 6.07) is 11.4. The number of amides is 1. The fourth-order valence-electron chi connectivity index (χ4n) is 3.03. The van der Waals surface area contributed by atoms with Crippen LogP contribution in [0.1, 0.15) is 6.42 Å². The van der Waals surface area contributed by atoms with Crippen molar-refractivity contribution >= 4 is 44.2 Å². The fourth-order valence-corrected chi connectivity index (χ4v) is 6.47. The van der Waals surface area contributed by atoms with Gasteiger partial charge in [0, 0.05) is 5.25 Å². The summed E-state index contributed by atoms with van der Waals surface area (Å²) >= 11 is 1.39. The molecule has 0 radical (unpaired) electrons. The average molecular weight is 403 g/mol. The molecular formula is C18H18N4O3S2. The summed E-state index contributed by atoms with van der Waals surface area (Å²) in [5, 5.41) is 2.81. The predicted molar refractivity (Wildman–Crippen MR) is 107 cm³/mol. The number of benzene rings is 1. The molecule has 0 bridgehead atoms. The van der Waals surface area contributed by atoms with Crippen molar-refractivity contribution in [3.05, 3.63) is 48.9 Å². The van der Waals surface area contributed by atoms with Crippen LogP contribution in [0.5, 0.6) is 0 Å². The van der Waals surface area contributed by atoms with E-state index in [9.17, 15) is 13.2 Å². The van der Waals surface area contributed by atoms with Gasteiger partial charge in [-0.2, -0.15) is 0 Å². The Morgan fingerprint density at radius 3 is 2.81 bits per heavy atom. The lowest BCUT2D eigenvalue weighted by atomic mass is 10.3. The number of pyridine rings is 1. The molecule has 0 spiro atoms. The maximum absolute atomic E-state index is 12.1. The zero-order valence-corrected chi connectivity index (χ0v) is 16.0. The third kappa shape index (κ3) is 4.14. The van der Waals surface area contributed by atoms with Gasteiger partial charge in [-0.05, 0) is 30.7 Å². The zero-order valence-electron chi connectivity index (χ0n) is 14.4. The molecule has 7 nitrogen and oxygen atoms in total. The van der Waals surface area contributed by atoms with Crippen LogP contribution in [0.4, 0.5) is 5.69 Å². The van der Waals surface area contributed by atoms with Gasteiger partial charge in [-0.3, -0.25) is 9.36 Å². The molecule has 1 fully saturated rings. The van der Waals surface area contributed by atoms with E-state index in [0.717, 1.165) is 11.0 Å². The van der Waals surface area contributed by atoms with Crippen molar-refractivity contribution in [3.63, 3.8) is 0 Å². The predicted octanol–water partition coefficient (Wildman–Crippen LogP) is 2.28. The summed E-state index contributed by atoms with van der Waals surface area (Å²) < 4.78 is 24.8. The SMILES string of the molecule is O=C(CSC1CCS(=O)(=O)C1)Nc1ccc(-n2cnc3ccccc32)nc1. The van der Waals surface area contributed by atoms with E-state index in [1.165, 1.54) is 11.8 Å². The molecule has 1 unspecified atom stereocenters. The van der Waals surface area contributed by atoms with Crippen LogP contribution >= 0.6 is 11.8 Å². The van der Waals surface area contributed by atoms with Crippen molar-refractivity contribution in [3.8, 4) is 5.82 Å². The summed E-state index contributed by atoms with van der Waals surface area (Å²) in [6.45, 7) is 0. The first-order valence-electron chi connectivity index (χ1n) is 8.50. The fraction of sp³-hybridized carbons (Fsp3) is 0.278. The second-order valence-electron chi connectivity index (χ2n) is 6.39. The van der Waals surface area contributed by atoms with Crippen LogP contribution < -0.4 is 5.32 Å². The highest BCUT2D eigenvalue weighted by molar-refractivity contribution is 8.02. The second kappa shape index (κ2) is 7.32. The number of hydrogen-bond donors (Lipinski definition) is 1. The third-order valence-electron chi connectivity index (χ3n) is 4.37. The molecule has 1 amide bonds. The number of nitrogens with one attached hydrogen (secondary N) is 1. The number of imidazole rings is 1. The Kier molecular flexibility index (Phi) is 4.88. The third-order valence-corrected chi connectivity index (χ3v) is 7.65. The van der Waals surface area contributed by atoms with Crippen LogP contribution in [-0.2, 0) is 14.6 Å². The van der Waals surface area contributed by atoms with E-state index in [4.69, 9.17) is 0 Å². The minimum atomic E-state index is -2.91. The summed E-state index contributed by atoms with van der Waals surface area (Å²) in [4.78, 5) is 20.8. The van der Waals surface area contributed by atoms with Crippen molar-refractivity contribution in [1.82, 2.24) is 14.5 Å². The lowest BCUT2D eigenvalue weighted by Gasteiger charge is -2.09. The number of anilines is 1. The molecular weight excluding hydrogens is 384 g/mol. The summed E-state index contributed by atoms with van der Waals surface area (Å²) in [5.74, 6) is 1.17. The van der Waals surface area contributed by atoms with Gasteiger partial charge in [0.1, 0.15) is 12.1 Å². The molecule has 2 aromatic heterocycles. The average Bonchev–Trinajstić information content (AvgIpc) is 3.24. The number of fused-ring (bicyclic) bond motifs is 1. The highest BCUT2D eigenvalue weighted by Crippen LogP contribution is 2.24. The molecule has 140 valence electrons. The van der Waals surface area contributed by atoms with Gasteiger partial charge in [-0.25, -0.2) is 18.4 Å². The van der Waals surface area contributed by atoms with Gasteiger partial charge >= 0.3 is 0 Å². The largest absolute Gasteiger partial charge is 0.324 e. The topological polar surface area (TPSA) is 94.0 Å². The van der Waals surface area contributed by atoms with Crippen molar-refractivity contribution < 1.29 is 13.2 Å². The Labute approximate surface area is 161 Å². The highest BCUT2D eigenvalue weighted by Gasteiger charge is 2.28. The molecule has 1 aliphatic rings. The number of carbonyl (C=O) groups excluding carboxylic acids is 1. The van der Waals surface area contributed by atoms with Gasteiger partial charge in [-0.15, -0.1) is 11.8 Å². The molecule has 1 aliphatic heterocycles. The lowest BCUT2D eigenvalue weighted by Crippen LogP contribution is -2.17. The number of para-hydroxylation sites is 2. The number of nitrogens with zero attached hydrogens (tertiary/aromatic N) is 3. The number of thioether (sulfide) groups is 1. The minimum absolute atomic E-state index is 0.00998. The number of rotatable bonds is 5. The van der Waals surface area contributed by atoms with E-state index in [1.54, 1.807) is 18.6 Å². The Bertz CT molecular complexity index is 1080. The molecule has 1 aromatic carbocycles. The molecule has 4 rings (SSSR count). The van der Waals surface area contributed by atoms with Gasteiger partial charge in [0.05, 0.1) is 40.2 Å². The Balaban J connectivity index is 1.37. The van der Waals surface area contributed by atoms with E-state index in [0.29, 0.717) is 17.9 Å². The molecule has 1 N–H and O–H groups in total. The first-order chi connectivity index (χ1) is 13.0. The molecule has 27 heavy (non-hydrogen) atoms. The molecule has 3 aromatic rings. The molecule has 0 saturated carbocycles. The van der Waals surface area contributed by atoms with Crippen LogP contribution in [-0.4, -0.2) is 51.4 Å². The van der Waals surface area contributed by atoms with Crippen LogP contribution in [0.25, 0.3) is 16.9 Å². The van der Waals surface area contributed by atoms with Crippen LogP contribution in [0.2, 0.25) is 0 Å². The standard InChI is InChI=1S/C18H18N4O3S2/c23-18(10-26-14-7-8-27(24,25)11-14)21-13-5-6-17(19-9-13)22-12-20-15-3-1-2-4-16(15)22/h1-6,9,12,14H,7-8,10-11H2,(H,21,23). The number of hydrogen-bond acceptors (Lipinski definition) is 6. The van der Waals surface area contributed by atoms with E-state index < -0.39 is 9.84 Å². The normalized spacial score (nSPS) is 18.6. The van der Waals surface area contributed by atoms with Gasteiger partial charge in [0.25, 0.3) is 0 Å². The summed E-state index contributed by atoms with van der Waals surface area (Å²) in [7, 11) is -2.91. The molecule has 9 heteroatoms. The first kappa shape index (κ1) is 18.0. The second-order valence-corrected chi connectivity index (χ2v) is 9.91. The Hall–Kier alpha value is -2.39. The quantitative estimate of drug-likeness (QED) is 0.704. The van der Waals surface area contributed by atoms with Crippen molar-refractivity contribution in [2.75, 3.05) is 22.6 Å². The molecule has 1 atom stereocenters. The zero-order chi connectivity index (χ0) is 18.9. The van der Waals surface area contributed by atoms with Crippen LogP contribution in [0.3, 0.4) is 0 Å². The van der Waals surface area contributed by atoms with Gasteiger partial charge < -0.3 is 5.32 Å².